The standard InChI is InChI=1S/C6H8S.C4H10.C2H2/c1-5-3-4-6(2)7-5;1-4(2)3;1-2/h3-4H,1-2H3;4H,1-3H3;1-2H. The summed E-state index contributed by atoms with van der Waals surface area (Å²) in [6.45, 7) is 10.7. The van der Waals surface area contributed by atoms with Crippen LogP contribution >= 0.6 is 11.3 Å². The SMILES string of the molecule is C#C.CC(C)C.Cc1ccc(C)s1. The summed E-state index contributed by atoms with van der Waals surface area (Å²) in [6, 6.07) is 4.28. The minimum absolute atomic E-state index is 0.833. The maximum absolute atomic E-state index is 4.00. The molecule has 1 heterocycles. The van der Waals surface area contributed by atoms with Gasteiger partial charge in [-0.1, -0.05) is 20.8 Å². The Labute approximate surface area is 87.0 Å². The highest BCUT2D eigenvalue weighted by Gasteiger charge is 1.84. The fourth-order valence-electron chi connectivity index (χ4n) is 0.557. The van der Waals surface area contributed by atoms with Crippen molar-refractivity contribution in [2.75, 3.05) is 0 Å². The predicted molar refractivity (Wildman–Crippen MR) is 64.2 cm³/mol. The Morgan fingerprint density at radius 3 is 1.31 bits per heavy atom. The van der Waals surface area contributed by atoms with Gasteiger partial charge in [0.05, 0.1) is 0 Å². The number of rotatable bonds is 0. The summed E-state index contributed by atoms with van der Waals surface area (Å²) < 4.78 is 0. The second kappa shape index (κ2) is 9.35. The average molecular weight is 196 g/mol. The maximum atomic E-state index is 4.00. The molecule has 0 bridgehead atoms. The van der Waals surface area contributed by atoms with Crippen molar-refractivity contribution >= 4 is 11.3 Å². The lowest BCUT2D eigenvalue weighted by Crippen LogP contribution is -1.66. The van der Waals surface area contributed by atoms with E-state index in [-0.39, 0.29) is 0 Å². The third kappa shape index (κ3) is 14.2. The van der Waals surface area contributed by atoms with Crippen LogP contribution in [0, 0.1) is 32.6 Å². The summed E-state index contributed by atoms with van der Waals surface area (Å²) >= 11 is 1.84. The van der Waals surface area contributed by atoms with Crippen molar-refractivity contribution < 1.29 is 0 Å². The molecule has 13 heavy (non-hydrogen) atoms. The van der Waals surface area contributed by atoms with Crippen molar-refractivity contribution in [2.45, 2.75) is 34.6 Å². The molecule has 0 fully saturated rings. The number of thiophene rings is 1. The van der Waals surface area contributed by atoms with Gasteiger partial charge in [-0.15, -0.1) is 24.2 Å². The second-order valence-corrected chi connectivity index (χ2v) is 4.88. The largest absolute Gasteiger partial charge is 0.146 e. The highest BCUT2D eigenvalue weighted by molar-refractivity contribution is 7.11. The number of aryl methyl sites for hydroxylation is 2. The van der Waals surface area contributed by atoms with Crippen LogP contribution in [-0.2, 0) is 0 Å². The van der Waals surface area contributed by atoms with E-state index in [0.717, 1.165) is 5.92 Å². The van der Waals surface area contributed by atoms with Crippen LogP contribution in [0.1, 0.15) is 30.5 Å². The molecule has 0 N–H and O–H groups in total. The molecule has 0 aliphatic heterocycles. The highest BCUT2D eigenvalue weighted by atomic mass is 32.1. The fourth-order valence-corrected chi connectivity index (χ4v) is 1.34. The molecule has 1 heteroatoms. The molecule has 1 rings (SSSR count). The molecule has 0 saturated heterocycles. The molecule has 0 atom stereocenters. The summed E-state index contributed by atoms with van der Waals surface area (Å²) in [5.41, 5.74) is 0. The summed E-state index contributed by atoms with van der Waals surface area (Å²) in [7, 11) is 0. The monoisotopic (exact) mass is 196 g/mol. The molecular weight excluding hydrogens is 176 g/mol. The summed E-state index contributed by atoms with van der Waals surface area (Å²) in [4.78, 5) is 2.80. The van der Waals surface area contributed by atoms with Gasteiger partial charge in [0.15, 0.2) is 0 Å². The molecule has 0 aromatic carbocycles. The van der Waals surface area contributed by atoms with Gasteiger partial charge in [-0.3, -0.25) is 0 Å². The van der Waals surface area contributed by atoms with Crippen molar-refractivity contribution in [3.05, 3.63) is 21.9 Å². The van der Waals surface area contributed by atoms with E-state index in [4.69, 9.17) is 0 Å². The van der Waals surface area contributed by atoms with Crippen LogP contribution in [-0.4, -0.2) is 0 Å². The molecule has 0 aliphatic carbocycles. The summed E-state index contributed by atoms with van der Waals surface area (Å²) in [5.74, 6) is 0.833. The van der Waals surface area contributed by atoms with E-state index in [1.54, 1.807) is 0 Å². The molecule has 1 aromatic heterocycles. The molecule has 0 amide bonds. The van der Waals surface area contributed by atoms with Gasteiger partial charge in [0.1, 0.15) is 0 Å². The molecule has 0 radical (unpaired) electrons. The molecule has 1 aromatic rings. The molecular formula is C12H20S. The van der Waals surface area contributed by atoms with Gasteiger partial charge in [0, 0.05) is 9.75 Å². The number of terminal acetylenes is 1. The first kappa shape index (κ1) is 14.8. The van der Waals surface area contributed by atoms with E-state index in [1.807, 2.05) is 11.3 Å². The first-order valence-electron chi connectivity index (χ1n) is 4.38. The van der Waals surface area contributed by atoms with Crippen LogP contribution in [0.25, 0.3) is 0 Å². The predicted octanol–water partition coefficient (Wildman–Crippen LogP) is 4.28. The van der Waals surface area contributed by atoms with Crippen LogP contribution in [0.15, 0.2) is 12.1 Å². The normalized spacial score (nSPS) is 8.00. The highest BCUT2D eigenvalue weighted by Crippen LogP contribution is 2.12. The lowest BCUT2D eigenvalue weighted by atomic mass is 10.3. The van der Waals surface area contributed by atoms with E-state index in [1.165, 1.54) is 9.75 Å². The fraction of sp³-hybridized carbons (Fsp3) is 0.500. The van der Waals surface area contributed by atoms with E-state index in [9.17, 15) is 0 Å². The van der Waals surface area contributed by atoms with Crippen LogP contribution in [0.4, 0.5) is 0 Å². The average Bonchev–Trinajstić information content (AvgIpc) is 2.38. The molecule has 74 valence electrons. The minimum Gasteiger partial charge on any atom is -0.146 e. The minimum atomic E-state index is 0.833. The Hall–Kier alpha value is -0.740. The summed E-state index contributed by atoms with van der Waals surface area (Å²) in [6.07, 6.45) is 8.00. The second-order valence-electron chi connectivity index (χ2n) is 3.39. The van der Waals surface area contributed by atoms with Crippen LogP contribution in [0.5, 0.6) is 0 Å². The van der Waals surface area contributed by atoms with Gasteiger partial charge in [-0.05, 0) is 31.9 Å². The Bertz CT molecular complexity index is 199. The Balaban J connectivity index is 0. The lowest BCUT2D eigenvalue weighted by molar-refractivity contribution is 0.737. The molecule has 0 spiro atoms. The van der Waals surface area contributed by atoms with E-state index in [2.05, 4.69) is 59.6 Å². The summed E-state index contributed by atoms with van der Waals surface area (Å²) in [5, 5.41) is 0. The zero-order chi connectivity index (χ0) is 10.9. The molecule has 0 unspecified atom stereocenters. The Morgan fingerprint density at radius 1 is 1.00 bits per heavy atom. The van der Waals surface area contributed by atoms with E-state index < -0.39 is 0 Å². The van der Waals surface area contributed by atoms with Crippen LogP contribution in [0.3, 0.4) is 0 Å². The van der Waals surface area contributed by atoms with E-state index in [0.29, 0.717) is 0 Å². The van der Waals surface area contributed by atoms with Crippen molar-refractivity contribution in [3.63, 3.8) is 0 Å². The lowest BCUT2D eigenvalue weighted by Gasteiger charge is -1.79. The number of hydrogen-bond donors (Lipinski definition) is 0. The van der Waals surface area contributed by atoms with Gasteiger partial charge in [-0.25, -0.2) is 0 Å². The van der Waals surface area contributed by atoms with Crippen molar-refractivity contribution in [1.82, 2.24) is 0 Å². The topological polar surface area (TPSA) is 0 Å². The van der Waals surface area contributed by atoms with Crippen LogP contribution < -0.4 is 0 Å². The third-order valence-electron chi connectivity index (χ3n) is 0.875. The molecule has 0 saturated carbocycles. The third-order valence-corrected chi connectivity index (χ3v) is 1.79. The quantitative estimate of drug-likeness (QED) is 0.543. The van der Waals surface area contributed by atoms with Gasteiger partial charge >= 0.3 is 0 Å². The van der Waals surface area contributed by atoms with E-state index >= 15 is 0 Å². The van der Waals surface area contributed by atoms with Crippen LogP contribution in [0.2, 0.25) is 0 Å². The van der Waals surface area contributed by atoms with Gasteiger partial charge in [0.2, 0.25) is 0 Å². The first-order valence-corrected chi connectivity index (χ1v) is 5.20. The van der Waals surface area contributed by atoms with Crippen molar-refractivity contribution in [1.29, 1.82) is 0 Å². The van der Waals surface area contributed by atoms with Gasteiger partial charge in [-0.2, -0.15) is 0 Å². The first-order chi connectivity index (χ1) is 6.02. The molecule has 0 nitrogen and oxygen atoms in total. The van der Waals surface area contributed by atoms with Crippen molar-refractivity contribution in [2.24, 2.45) is 5.92 Å². The zero-order valence-corrected chi connectivity index (χ0v) is 10.1. The Kier molecular flexibility index (Phi) is 10.6. The Morgan fingerprint density at radius 2 is 1.23 bits per heavy atom. The van der Waals surface area contributed by atoms with Gasteiger partial charge < -0.3 is 0 Å². The maximum Gasteiger partial charge on any atom is 0.00170 e. The van der Waals surface area contributed by atoms with Gasteiger partial charge in [0.25, 0.3) is 0 Å². The van der Waals surface area contributed by atoms with Crippen molar-refractivity contribution in [3.8, 4) is 12.8 Å². The molecule has 0 aliphatic rings. The smallest absolute Gasteiger partial charge is 0.00170 e. The zero-order valence-electron chi connectivity index (χ0n) is 9.29. The number of hydrogen-bond acceptors (Lipinski definition) is 1.